The van der Waals surface area contributed by atoms with Crippen molar-refractivity contribution >= 4 is 22.5 Å². The zero-order chi connectivity index (χ0) is 20.1. The lowest BCUT2D eigenvalue weighted by Gasteiger charge is -2.34. The average Bonchev–Trinajstić information content (AvgIpc) is 3.46. The Morgan fingerprint density at radius 2 is 2.03 bits per heavy atom. The van der Waals surface area contributed by atoms with Crippen LogP contribution in [0.25, 0.3) is 28.0 Å². The highest BCUT2D eigenvalue weighted by atomic mass is 16.3. The Hall–Kier alpha value is -3.30. The number of nitrogens with zero attached hydrogens (tertiary/aromatic N) is 5. The first kappa shape index (κ1) is 17.8. The van der Waals surface area contributed by atoms with Gasteiger partial charge >= 0.3 is 0 Å². The Bertz CT molecular complexity index is 1250. The summed E-state index contributed by atoms with van der Waals surface area (Å²) in [6.45, 7) is 2.95. The van der Waals surface area contributed by atoms with Crippen LogP contribution in [-0.2, 0) is 0 Å². The van der Waals surface area contributed by atoms with Gasteiger partial charge in [0.25, 0.3) is 0 Å². The predicted octanol–water partition coefficient (Wildman–Crippen LogP) is 4.42. The Morgan fingerprint density at radius 3 is 2.76 bits per heavy atom. The first-order valence-corrected chi connectivity index (χ1v) is 9.92. The van der Waals surface area contributed by atoms with Crippen molar-refractivity contribution in [2.45, 2.75) is 25.9 Å². The van der Waals surface area contributed by atoms with E-state index in [0.717, 1.165) is 53.1 Å². The summed E-state index contributed by atoms with van der Waals surface area (Å²) in [4.78, 5) is 9.54. The summed E-state index contributed by atoms with van der Waals surface area (Å²) in [5, 5.41) is 10.0. The highest BCUT2D eigenvalue weighted by Crippen LogP contribution is 2.42. The normalized spacial score (nSPS) is 16.9. The number of nitriles is 1. The van der Waals surface area contributed by atoms with Gasteiger partial charge < -0.3 is 9.32 Å². The van der Waals surface area contributed by atoms with Crippen molar-refractivity contribution in [3.8, 4) is 17.4 Å². The summed E-state index contributed by atoms with van der Waals surface area (Å²) < 4.78 is 8.00. The molecule has 1 aliphatic heterocycles. The molecule has 1 atom stereocenters. The van der Waals surface area contributed by atoms with E-state index in [1.807, 2.05) is 37.3 Å². The molecule has 3 aromatic heterocycles. The molecule has 0 saturated carbocycles. The molecular formula is C23H23N5O. The smallest absolute Gasteiger partial charge is 0.157 e. The second-order valence-electron chi connectivity index (χ2n) is 7.83. The molecule has 0 spiro atoms. The third kappa shape index (κ3) is 2.55. The third-order valence-electron chi connectivity index (χ3n) is 5.94. The van der Waals surface area contributed by atoms with Crippen LogP contribution in [0.3, 0.4) is 0 Å². The van der Waals surface area contributed by atoms with Crippen LogP contribution in [0.2, 0.25) is 0 Å². The maximum atomic E-state index is 10.0. The van der Waals surface area contributed by atoms with Crippen molar-refractivity contribution in [1.29, 1.82) is 5.26 Å². The molecule has 6 nitrogen and oxygen atoms in total. The Labute approximate surface area is 169 Å². The number of benzene rings is 1. The summed E-state index contributed by atoms with van der Waals surface area (Å²) in [5.41, 5.74) is 5.08. The average molecular weight is 385 g/mol. The highest BCUT2D eigenvalue weighted by Gasteiger charge is 2.33. The third-order valence-corrected chi connectivity index (χ3v) is 5.94. The molecular weight excluding hydrogens is 362 g/mol. The molecule has 1 unspecified atom stereocenters. The summed E-state index contributed by atoms with van der Waals surface area (Å²) in [7, 11) is 4.24. The zero-order valence-electron chi connectivity index (χ0n) is 16.9. The molecule has 4 heterocycles. The molecule has 0 bridgehead atoms. The zero-order valence-corrected chi connectivity index (χ0v) is 16.9. The SMILES string of the molecule is Cc1c(-c2ccco2)c(N2CCCC2N(C)C)n2c(nc3ccccc32)c1C#N. The molecule has 0 radical (unpaired) electrons. The molecule has 4 aromatic rings. The van der Waals surface area contributed by atoms with E-state index >= 15 is 0 Å². The van der Waals surface area contributed by atoms with E-state index in [2.05, 4.69) is 40.4 Å². The van der Waals surface area contributed by atoms with Gasteiger partial charge in [-0.1, -0.05) is 12.1 Å². The molecule has 5 rings (SSSR count). The van der Waals surface area contributed by atoms with Gasteiger partial charge in [0.05, 0.1) is 34.6 Å². The first-order chi connectivity index (χ1) is 14.1. The summed E-state index contributed by atoms with van der Waals surface area (Å²) >= 11 is 0. The summed E-state index contributed by atoms with van der Waals surface area (Å²) in [6.07, 6.45) is 4.18. The van der Waals surface area contributed by atoms with Crippen LogP contribution >= 0.6 is 0 Å². The lowest BCUT2D eigenvalue weighted by molar-refractivity contribution is 0.300. The minimum absolute atomic E-state index is 0.278. The van der Waals surface area contributed by atoms with Crippen LogP contribution in [0.15, 0.2) is 47.1 Å². The van der Waals surface area contributed by atoms with Gasteiger partial charge in [-0.05, 0) is 63.7 Å². The second kappa shape index (κ2) is 6.64. The van der Waals surface area contributed by atoms with E-state index in [-0.39, 0.29) is 6.17 Å². The number of fused-ring (bicyclic) bond motifs is 3. The van der Waals surface area contributed by atoms with Crippen LogP contribution in [0.1, 0.15) is 24.0 Å². The number of imidazole rings is 1. The van der Waals surface area contributed by atoms with Crippen LogP contribution in [-0.4, -0.2) is 41.1 Å². The molecule has 0 N–H and O–H groups in total. The second-order valence-corrected chi connectivity index (χ2v) is 7.83. The lowest BCUT2D eigenvalue weighted by atomic mass is 10.0. The van der Waals surface area contributed by atoms with Crippen LogP contribution in [0.5, 0.6) is 0 Å². The van der Waals surface area contributed by atoms with Crippen molar-refractivity contribution in [2.24, 2.45) is 0 Å². The van der Waals surface area contributed by atoms with E-state index in [1.165, 1.54) is 0 Å². The van der Waals surface area contributed by atoms with E-state index in [1.54, 1.807) is 6.26 Å². The molecule has 6 heteroatoms. The number of aromatic nitrogens is 2. The van der Waals surface area contributed by atoms with Gasteiger partial charge in [0.2, 0.25) is 0 Å². The quantitative estimate of drug-likeness (QED) is 0.523. The molecule has 29 heavy (non-hydrogen) atoms. The number of hydrogen-bond acceptors (Lipinski definition) is 5. The topological polar surface area (TPSA) is 60.7 Å². The molecule has 146 valence electrons. The number of furan rings is 1. The molecule has 0 aliphatic carbocycles. The molecule has 0 amide bonds. The largest absolute Gasteiger partial charge is 0.464 e. The van der Waals surface area contributed by atoms with Crippen molar-refractivity contribution < 1.29 is 4.42 Å². The standard InChI is InChI=1S/C23H23N5O/c1-15-16(14-24)22-25-17-8-4-5-9-18(17)28(22)23(21(15)19-10-7-13-29-19)27-12-6-11-20(27)26(2)3/h4-5,7-10,13,20H,6,11-12H2,1-3H3. The number of anilines is 1. The van der Waals surface area contributed by atoms with Gasteiger partial charge in [0, 0.05) is 6.54 Å². The molecule has 1 aliphatic rings. The minimum Gasteiger partial charge on any atom is -0.464 e. The fourth-order valence-electron chi connectivity index (χ4n) is 4.64. The van der Waals surface area contributed by atoms with Crippen molar-refractivity contribution in [2.75, 3.05) is 25.5 Å². The van der Waals surface area contributed by atoms with E-state index in [0.29, 0.717) is 11.2 Å². The number of para-hydroxylation sites is 2. The Morgan fingerprint density at radius 1 is 1.21 bits per heavy atom. The molecule has 1 aromatic carbocycles. The summed E-state index contributed by atoms with van der Waals surface area (Å²) in [6, 6.07) is 14.3. The van der Waals surface area contributed by atoms with Crippen LogP contribution < -0.4 is 4.90 Å². The van der Waals surface area contributed by atoms with Gasteiger partial charge in [-0.25, -0.2) is 4.98 Å². The minimum atomic E-state index is 0.278. The number of hydrogen-bond donors (Lipinski definition) is 0. The fraction of sp³-hybridized carbons (Fsp3) is 0.304. The predicted molar refractivity (Wildman–Crippen MR) is 114 cm³/mol. The highest BCUT2D eigenvalue weighted by molar-refractivity contribution is 5.91. The monoisotopic (exact) mass is 385 g/mol. The first-order valence-electron chi connectivity index (χ1n) is 9.92. The Kier molecular flexibility index (Phi) is 4.07. The summed E-state index contributed by atoms with van der Waals surface area (Å²) in [5.74, 6) is 1.83. The van der Waals surface area contributed by atoms with Gasteiger partial charge in [-0.2, -0.15) is 5.26 Å². The van der Waals surface area contributed by atoms with Crippen molar-refractivity contribution in [3.63, 3.8) is 0 Å². The van der Waals surface area contributed by atoms with E-state index < -0.39 is 0 Å². The maximum absolute atomic E-state index is 10.0. The van der Waals surface area contributed by atoms with Gasteiger partial charge in [-0.15, -0.1) is 0 Å². The van der Waals surface area contributed by atoms with Gasteiger partial charge in [0.1, 0.15) is 17.6 Å². The number of pyridine rings is 1. The van der Waals surface area contributed by atoms with Crippen LogP contribution in [0.4, 0.5) is 5.82 Å². The fourth-order valence-corrected chi connectivity index (χ4v) is 4.64. The van der Waals surface area contributed by atoms with Gasteiger partial charge in [0.15, 0.2) is 5.65 Å². The molecule has 1 fully saturated rings. The van der Waals surface area contributed by atoms with Crippen LogP contribution in [0, 0.1) is 18.3 Å². The van der Waals surface area contributed by atoms with Crippen molar-refractivity contribution in [1.82, 2.24) is 14.3 Å². The molecule has 1 saturated heterocycles. The Balaban J connectivity index is 1.98. The van der Waals surface area contributed by atoms with E-state index in [9.17, 15) is 5.26 Å². The van der Waals surface area contributed by atoms with Gasteiger partial charge in [-0.3, -0.25) is 9.30 Å². The lowest BCUT2D eigenvalue weighted by Crippen LogP contribution is -2.41. The van der Waals surface area contributed by atoms with Crippen molar-refractivity contribution in [3.05, 3.63) is 53.8 Å². The number of rotatable bonds is 3. The van der Waals surface area contributed by atoms with E-state index in [4.69, 9.17) is 9.40 Å². The maximum Gasteiger partial charge on any atom is 0.157 e.